The monoisotopic (exact) mass is 418 g/mol. The maximum absolute atomic E-state index is 14.5. The summed E-state index contributed by atoms with van der Waals surface area (Å²) < 4.78 is 48.7. The molecule has 0 saturated heterocycles. The van der Waals surface area contributed by atoms with Gasteiger partial charge in [-0.25, -0.2) is 13.2 Å². The van der Waals surface area contributed by atoms with E-state index in [2.05, 4.69) is 5.32 Å². The van der Waals surface area contributed by atoms with Crippen molar-refractivity contribution in [3.8, 4) is 11.3 Å². The zero-order chi connectivity index (χ0) is 22.4. The number of amides is 1. The number of rotatable bonds is 3. The first-order valence-corrected chi connectivity index (χ1v) is 9.14. The lowest BCUT2D eigenvalue weighted by molar-refractivity contribution is -0.123. The van der Waals surface area contributed by atoms with Crippen LogP contribution in [-0.4, -0.2) is 20.0 Å². The highest BCUT2D eigenvalue weighted by Gasteiger charge is 2.26. The Morgan fingerprint density at radius 3 is 2.23 bits per heavy atom. The molecule has 0 radical (unpaired) electrons. The second-order valence-electron chi connectivity index (χ2n) is 8.16. The van der Waals surface area contributed by atoms with Crippen LogP contribution in [-0.2, 0) is 4.79 Å². The summed E-state index contributed by atoms with van der Waals surface area (Å²) in [6.07, 6.45) is 0. The molecular weight excluding hydrogens is 397 g/mol. The number of halogens is 3. The molecule has 0 aliphatic rings. The summed E-state index contributed by atoms with van der Waals surface area (Å²) in [5, 5.41) is 1.91. The first kappa shape index (κ1) is 21.4. The normalized spacial score (nSPS) is 11.6. The van der Waals surface area contributed by atoms with Crippen molar-refractivity contribution in [3.05, 3.63) is 58.0 Å². The average Bonchev–Trinajstić information content (AvgIpc) is 2.63. The fourth-order valence-electron chi connectivity index (χ4n) is 2.86. The van der Waals surface area contributed by atoms with Crippen molar-refractivity contribution in [2.75, 3.05) is 24.3 Å². The Balaban J connectivity index is 2.21. The predicted octanol–water partition coefficient (Wildman–Crippen LogP) is 4.93. The van der Waals surface area contributed by atoms with Crippen LogP contribution >= 0.6 is 0 Å². The van der Waals surface area contributed by atoms with E-state index in [0.717, 1.165) is 12.1 Å². The molecule has 1 heterocycles. The number of carbonyl (C=O) groups is 1. The van der Waals surface area contributed by atoms with Gasteiger partial charge >= 0.3 is 0 Å². The zero-order valence-electron chi connectivity index (χ0n) is 17.2. The molecule has 30 heavy (non-hydrogen) atoms. The van der Waals surface area contributed by atoms with Crippen LogP contribution in [0.3, 0.4) is 0 Å². The van der Waals surface area contributed by atoms with Crippen LogP contribution in [0.5, 0.6) is 0 Å². The molecule has 0 fully saturated rings. The number of anilines is 2. The first-order valence-electron chi connectivity index (χ1n) is 9.14. The SMILES string of the molecule is CN(C)c1ccc(-c2cc(=O)c3c(NC(=O)C(C)(C)C)c(F)cc(F)c3o2)cc1F. The van der Waals surface area contributed by atoms with Crippen LogP contribution in [0, 0.1) is 22.9 Å². The van der Waals surface area contributed by atoms with Gasteiger partial charge in [0, 0.05) is 37.2 Å². The molecule has 1 amide bonds. The molecule has 0 aliphatic carbocycles. The number of benzene rings is 2. The topological polar surface area (TPSA) is 62.6 Å². The lowest BCUT2D eigenvalue weighted by Crippen LogP contribution is -2.28. The third-order valence-electron chi connectivity index (χ3n) is 4.54. The van der Waals surface area contributed by atoms with E-state index in [0.29, 0.717) is 11.8 Å². The second-order valence-corrected chi connectivity index (χ2v) is 8.16. The molecule has 3 aromatic rings. The van der Waals surface area contributed by atoms with Gasteiger partial charge < -0.3 is 14.6 Å². The third kappa shape index (κ3) is 3.90. The number of fused-ring (bicyclic) bond motifs is 1. The minimum atomic E-state index is -1.11. The maximum Gasteiger partial charge on any atom is 0.229 e. The van der Waals surface area contributed by atoms with Gasteiger partial charge in [0.05, 0.1) is 16.8 Å². The van der Waals surface area contributed by atoms with Gasteiger partial charge in [0.1, 0.15) is 11.6 Å². The Bertz CT molecular complexity index is 1210. The predicted molar refractivity (Wildman–Crippen MR) is 110 cm³/mol. The highest BCUT2D eigenvalue weighted by Crippen LogP contribution is 2.32. The van der Waals surface area contributed by atoms with Crippen LogP contribution in [0.25, 0.3) is 22.3 Å². The van der Waals surface area contributed by atoms with E-state index in [1.165, 1.54) is 12.1 Å². The second kappa shape index (κ2) is 7.51. The van der Waals surface area contributed by atoms with Crippen molar-refractivity contribution in [1.82, 2.24) is 0 Å². The van der Waals surface area contributed by atoms with E-state index >= 15 is 0 Å². The molecule has 158 valence electrons. The van der Waals surface area contributed by atoms with E-state index < -0.39 is 50.9 Å². The van der Waals surface area contributed by atoms with Crippen LogP contribution in [0.1, 0.15) is 20.8 Å². The van der Waals surface area contributed by atoms with Gasteiger partial charge in [-0.3, -0.25) is 9.59 Å². The molecule has 0 spiro atoms. The van der Waals surface area contributed by atoms with Crippen molar-refractivity contribution in [2.45, 2.75) is 20.8 Å². The smallest absolute Gasteiger partial charge is 0.229 e. The molecule has 2 aromatic carbocycles. The van der Waals surface area contributed by atoms with Crippen LogP contribution in [0.15, 0.2) is 39.5 Å². The minimum absolute atomic E-state index is 0.0877. The largest absolute Gasteiger partial charge is 0.453 e. The average molecular weight is 418 g/mol. The highest BCUT2D eigenvalue weighted by atomic mass is 19.1. The van der Waals surface area contributed by atoms with Crippen molar-refractivity contribution in [2.24, 2.45) is 5.41 Å². The standard InChI is InChI=1S/C22H21F3N2O3/c1-22(2,3)21(29)26-19-13(24)9-14(25)20-18(19)16(28)10-17(30-20)11-6-7-15(27(4)5)12(23)8-11/h6-10H,1-5H3,(H,26,29). The Morgan fingerprint density at radius 1 is 1.00 bits per heavy atom. The maximum atomic E-state index is 14.5. The molecule has 0 atom stereocenters. The van der Waals surface area contributed by atoms with Gasteiger partial charge in [0.15, 0.2) is 22.6 Å². The van der Waals surface area contributed by atoms with Crippen molar-refractivity contribution in [1.29, 1.82) is 0 Å². The van der Waals surface area contributed by atoms with Gasteiger partial charge in [0.25, 0.3) is 0 Å². The molecule has 0 aliphatic heterocycles. The van der Waals surface area contributed by atoms with Gasteiger partial charge in [-0.2, -0.15) is 0 Å². The molecule has 8 heteroatoms. The zero-order valence-corrected chi connectivity index (χ0v) is 17.2. The molecule has 0 saturated carbocycles. The fourth-order valence-corrected chi connectivity index (χ4v) is 2.86. The molecule has 0 unspecified atom stereocenters. The van der Waals surface area contributed by atoms with Gasteiger partial charge in [-0.05, 0) is 18.2 Å². The summed E-state index contributed by atoms with van der Waals surface area (Å²) in [5.74, 6) is -3.41. The Hall–Kier alpha value is -3.29. The van der Waals surface area contributed by atoms with Gasteiger partial charge in [0.2, 0.25) is 5.91 Å². The number of carbonyl (C=O) groups excluding carboxylic acids is 1. The van der Waals surface area contributed by atoms with Crippen molar-refractivity contribution < 1.29 is 22.4 Å². The number of hydrogen-bond donors (Lipinski definition) is 1. The molecule has 3 rings (SSSR count). The summed E-state index contributed by atoms with van der Waals surface area (Å²) in [6.45, 7) is 4.83. The summed E-state index contributed by atoms with van der Waals surface area (Å²) in [6, 6.07) is 5.71. The minimum Gasteiger partial charge on any atom is -0.453 e. The first-order chi connectivity index (χ1) is 13.9. The number of hydrogen-bond acceptors (Lipinski definition) is 4. The summed E-state index contributed by atoms with van der Waals surface area (Å²) in [7, 11) is 3.34. The molecule has 1 aromatic heterocycles. The Labute approximate surface area is 171 Å². The van der Waals surface area contributed by atoms with Crippen LogP contribution in [0.4, 0.5) is 24.5 Å². The van der Waals surface area contributed by atoms with E-state index in [1.807, 2.05) is 0 Å². The molecule has 0 bridgehead atoms. The van der Waals surface area contributed by atoms with Crippen molar-refractivity contribution >= 4 is 28.3 Å². The van der Waals surface area contributed by atoms with Crippen molar-refractivity contribution in [3.63, 3.8) is 0 Å². The van der Waals surface area contributed by atoms with E-state index in [-0.39, 0.29) is 11.3 Å². The Kier molecular flexibility index (Phi) is 5.36. The third-order valence-corrected chi connectivity index (χ3v) is 4.54. The molecule has 5 nitrogen and oxygen atoms in total. The molecule has 1 N–H and O–H groups in total. The van der Waals surface area contributed by atoms with Crippen LogP contribution < -0.4 is 15.6 Å². The molecular formula is C22H21F3N2O3. The fraction of sp³-hybridized carbons (Fsp3) is 0.273. The lowest BCUT2D eigenvalue weighted by Gasteiger charge is -2.19. The quantitative estimate of drug-likeness (QED) is 0.655. The number of nitrogens with zero attached hydrogens (tertiary/aromatic N) is 1. The van der Waals surface area contributed by atoms with E-state index in [1.54, 1.807) is 39.8 Å². The summed E-state index contributed by atoms with van der Waals surface area (Å²) >= 11 is 0. The number of nitrogens with one attached hydrogen (secondary N) is 1. The lowest BCUT2D eigenvalue weighted by atomic mass is 9.95. The summed E-state index contributed by atoms with van der Waals surface area (Å²) in [5.41, 5.74) is -2.10. The van der Waals surface area contributed by atoms with E-state index in [4.69, 9.17) is 4.42 Å². The summed E-state index contributed by atoms with van der Waals surface area (Å²) in [4.78, 5) is 26.6. The Morgan fingerprint density at radius 2 is 1.67 bits per heavy atom. The van der Waals surface area contributed by atoms with Gasteiger partial charge in [-0.15, -0.1) is 0 Å². The van der Waals surface area contributed by atoms with E-state index in [9.17, 15) is 22.8 Å². The van der Waals surface area contributed by atoms with Gasteiger partial charge in [-0.1, -0.05) is 20.8 Å². The highest BCUT2D eigenvalue weighted by molar-refractivity contribution is 6.02. The van der Waals surface area contributed by atoms with Crippen LogP contribution in [0.2, 0.25) is 0 Å².